The van der Waals surface area contributed by atoms with Gasteiger partial charge in [0.25, 0.3) is 0 Å². The fourth-order valence-corrected chi connectivity index (χ4v) is 2.70. The molecule has 0 spiro atoms. The standard InChI is InChI=1S/C22H24N4O/c1-16-8-4-12-20(23-16)18(3)26-27-15-7-11-19-10-6-14-22(25-19)21-13-5-9-17(2)24-21/h4-6,8-10,12-14H,7,11,15H2,1-3H3/b26-18+. The molecule has 0 aliphatic carbocycles. The number of hydrogen-bond acceptors (Lipinski definition) is 5. The summed E-state index contributed by atoms with van der Waals surface area (Å²) >= 11 is 0. The predicted molar refractivity (Wildman–Crippen MR) is 108 cm³/mol. The van der Waals surface area contributed by atoms with E-state index in [2.05, 4.69) is 15.1 Å². The first-order valence-electron chi connectivity index (χ1n) is 9.12. The third-order valence-electron chi connectivity index (χ3n) is 4.09. The second-order valence-electron chi connectivity index (χ2n) is 6.46. The van der Waals surface area contributed by atoms with Crippen molar-refractivity contribution in [1.29, 1.82) is 0 Å². The van der Waals surface area contributed by atoms with Gasteiger partial charge in [0.15, 0.2) is 0 Å². The summed E-state index contributed by atoms with van der Waals surface area (Å²) in [5.41, 5.74) is 6.41. The molecule has 0 aliphatic heterocycles. The van der Waals surface area contributed by atoms with Gasteiger partial charge >= 0.3 is 0 Å². The molecule has 3 aromatic heterocycles. The van der Waals surface area contributed by atoms with E-state index >= 15 is 0 Å². The van der Waals surface area contributed by atoms with Crippen molar-refractivity contribution in [1.82, 2.24) is 15.0 Å². The van der Waals surface area contributed by atoms with Gasteiger partial charge in [-0.05, 0) is 70.0 Å². The highest BCUT2D eigenvalue weighted by Crippen LogP contribution is 2.15. The number of hydrogen-bond donors (Lipinski definition) is 0. The molecule has 0 saturated carbocycles. The Morgan fingerprint density at radius 3 is 2.26 bits per heavy atom. The van der Waals surface area contributed by atoms with Gasteiger partial charge in [0.05, 0.1) is 17.1 Å². The monoisotopic (exact) mass is 360 g/mol. The molecule has 3 rings (SSSR count). The minimum absolute atomic E-state index is 0.539. The molecule has 0 atom stereocenters. The van der Waals surface area contributed by atoms with Crippen LogP contribution >= 0.6 is 0 Å². The normalized spacial score (nSPS) is 11.4. The number of nitrogens with zero attached hydrogens (tertiary/aromatic N) is 4. The smallest absolute Gasteiger partial charge is 0.117 e. The predicted octanol–water partition coefficient (Wildman–Crippen LogP) is 4.53. The molecule has 0 unspecified atom stereocenters. The fourth-order valence-electron chi connectivity index (χ4n) is 2.70. The highest BCUT2D eigenvalue weighted by atomic mass is 16.6. The van der Waals surface area contributed by atoms with Gasteiger partial charge in [-0.3, -0.25) is 15.0 Å². The van der Waals surface area contributed by atoms with Crippen molar-refractivity contribution in [3.8, 4) is 11.4 Å². The van der Waals surface area contributed by atoms with Crippen molar-refractivity contribution in [3.05, 3.63) is 77.4 Å². The topological polar surface area (TPSA) is 60.3 Å². The van der Waals surface area contributed by atoms with Crippen molar-refractivity contribution in [2.75, 3.05) is 6.61 Å². The molecule has 0 N–H and O–H groups in total. The van der Waals surface area contributed by atoms with Crippen LogP contribution in [0, 0.1) is 13.8 Å². The molecular formula is C22H24N4O. The van der Waals surface area contributed by atoms with Crippen molar-refractivity contribution in [2.24, 2.45) is 5.16 Å². The zero-order valence-electron chi connectivity index (χ0n) is 16.0. The van der Waals surface area contributed by atoms with E-state index < -0.39 is 0 Å². The van der Waals surface area contributed by atoms with Crippen molar-refractivity contribution in [3.63, 3.8) is 0 Å². The number of aryl methyl sites for hydroxylation is 3. The summed E-state index contributed by atoms with van der Waals surface area (Å²) in [5, 5.41) is 4.17. The minimum atomic E-state index is 0.539. The average molecular weight is 360 g/mol. The van der Waals surface area contributed by atoms with Gasteiger partial charge in [-0.2, -0.15) is 0 Å². The summed E-state index contributed by atoms with van der Waals surface area (Å²) in [4.78, 5) is 19.1. The third-order valence-corrected chi connectivity index (χ3v) is 4.09. The Hall–Kier alpha value is -3.08. The molecule has 27 heavy (non-hydrogen) atoms. The van der Waals surface area contributed by atoms with Crippen LogP contribution < -0.4 is 0 Å². The van der Waals surface area contributed by atoms with Crippen LogP contribution in [-0.2, 0) is 11.3 Å². The van der Waals surface area contributed by atoms with Crippen LogP contribution in [0.2, 0.25) is 0 Å². The van der Waals surface area contributed by atoms with E-state index in [1.807, 2.05) is 75.4 Å². The highest BCUT2D eigenvalue weighted by Gasteiger charge is 2.04. The number of aromatic nitrogens is 3. The minimum Gasteiger partial charge on any atom is -0.396 e. The largest absolute Gasteiger partial charge is 0.396 e. The zero-order valence-corrected chi connectivity index (χ0v) is 16.0. The average Bonchev–Trinajstić information content (AvgIpc) is 2.68. The van der Waals surface area contributed by atoms with E-state index in [9.17, 15) is 0 Å². The first kappa shape index (κ1) is 18.7. The lowest BCUT2D eigenvalue weighted by Crippen LogP contribution is -2.02. The van der Waals surface area contributed by atoms with Gasteiger partial charge in [-0.15, -0.1) is 0 Å². The molecule has 3 heterocycles. The number of rotatable bonds is 7. The third kappa shape index (κ3) is 5.45. The Morgan fingerprint density at radius 2 is 1.52 bits per heavy atom. The van der Waals surface area contributed by atoms with Crippen LogP contribution in [0.3, 0.4) is 0 Å². The Bertz CT molecular complexity index is 937. The first-order valence-corrected chi connectivity index (χ1v) is 9.12. The van der Waals surface area contributed by atoms with E-state index in [0.717, 1.165) is 52.7 Å². The molecule has 0 saturated heterocycles. The number of oxime groups is 1. The van der Waals surface area contributed by atoms with Crippen LogP contribution in [0.25, 0.3) is 11.4 Å². The molecule has 0 bridgehead atoms. The first-order chi connectivity index (χ1) is 13.1. The lowest BCUT2D eigenvalue weighted by molar-refractivity contribution is 0.141. The molecular weight excluding hydrogens is 336 g/mol. The van der Waals surface area contributed by atoms with Gasteiger partial charge in [-0.25, -0.2) is 0 Å². The molecule has 0 amide bonds. The quantitative estimate of drug-likeness (QED) is 0.353. The van der Waals surface area contributed by atoms with Crippen LogP contribution in [-0.4, -0.2) is 27.3 Å². The molecule has 3 aromatic rings. The summed E-state index contributed by atoms with van der Waals surface area (Å²) < 4.78 is 0. The van der Waals surface area contributed by atoms with E-state index in [0.29, 0.717) is 6.61 Å². The Labute approximate surface area is 160 Å². The SMILES string of the molecule is C/C(=N\OCCCc1cccc(-c2cccc(C)n2)n1)c1cccc(C)n1. The fraction of sp³-hybridized carbons (Fsp3) is 0.273. The van der Waals surface area contributed by atoms with Crippen molar-refractivity contribution < 1.29 is 4.84 Å². The lowest BCUT2D eigenvalue weighted by atomic mass is 10.2. The van der Waals surface area contributed by atoms with Crippen LogP contribution in [0.1, 0.15) is 36.1 Å². The molecule has 0 aliphatic rings. The van der Waals surface area contributed by atoms with Crippen LogP contribution in [0.4, 0.5) is 0 Å². The van der Waals surface area contributed by atoms with Crippen LogP contribution in [0.5, 0.6) is 0 Å². The van der Waals surface area contributed by atoms with E-state index in [-0.39, 0.29) is 0 Å². The molecule has 0 fully saturated rings. The van der Waals surface area contributed by atoms with Crippen molar-refractivity contribution >= 4 is 5.71 Å². The summed E-state index contributed by atoms with van der Waals surface area (Å²) in [6.45, 7) is 6.39. The maximum Gasteiger partial charge on any atom is 0.117 e. The second-order valence-corrected chi connectivity index (χ2v) is 6.46. The van der Waals surface area contributed by atoms with Gasteiger partial charge in [0.1, 0.15) is 12.3 Å². The van der Waals surface area contributed by atoms with Gasteiger partial charge in [-0.1, -0.05) is 23.4 Å². The number of pyridine rings is 3. The van der Waals surface area contributed by atoms with Gasteiger partial charge in [0.2, 0.25) is 0 Å². The summed E-state index contributed by atoms with van der Waals surface area (Å²) in [5.74, 6) is 0. The second kappa shape index (κ2) is 9.03. The maximum atomic E-state index is 5.45. The summed E-state index contributed by atoms with van der Waals surface area (Å²) in [7, 11) is 0. The molecule has 5 heteroatoms. The Kier molecular flexibility index (Phi) is 6.26. The molecule has 5 nitrogen and oxygen atoms in total. The van der Waals surface area contributed by atoms with Gasteiger partial charge < -0.3 is 4.84 Å². The molecule has 138 valence electrons. The summed E-state index contributed by atoms with van der Waals surface area (Å²) in [6.07, 6.45) is 1.67. The van der Waals surface area contributed by atoms with Crippen LogP contribution in [0.15, 0.2) is 59.8 Å². The van der Waals surface area contributed by atoms with Gasteiger partial charge in [0, 0.05) is 17.1 Å². The molecule has 0 aromatic carbocycles. The Balaban J connectivity index is 1.52. The van der Waals surface area contributed by atoms with E-state index in [4.69, 9.17) is 9.82 Å². The lowest BCUT2D eigenvalue weighted by Gasteiger charge is -2.05. The Morgan fingerprint density at radius 1 is 0.852 bits per heavy atom. The maximum absolute atomic E-state index is 5.45. The van der Waals surface area contributed by atoms with E-state index in [1.54, 1.807) is 0 Å². The molecule has 0 radical (unpaired) electrons. The zero-order chi connectivity index (χ0) is 19.1. The highest BCUT2D eigenvalue weighted by molar-refractivity contribution is 5.96. The van der Waals surface area contributed by atoms with E-state index in [1.165, 1.54) is 0 Å². The van der Waals surface area contributed by atoms with Crippen molar-refractivity contribution in [2.45, 2.75) is 33.6 Å². The summed E-state index contributed by atoms with van der Waals surface area (Å²) in [6, 6.07) is 17.9.